The number of carbonyl (C=O) groups is 1. The summed E-state index contributed by atoms with van der Waals surface area (Å²) in [5.41, 5.74) is 1.33. The van der Waals surface area contributed by atoms with Crippen LogP contribution in [0.3, 0.4) is 0 Å². The third kappa shape index (κ3) is 4.08. The Morgan fingerprint density at radius 2 is 1.96 bits per heavy atom. The van der Waals surface area contributed by atoms with Crippen LogP contribution >= 0.6 is 0 Å². The van der Waals surface area contributed by atoms with Crippen LogP contribution in [0.5, 0.6) is 0 Å². The van der Waals surface area contributed by atoms with Gasteiger partial charge in [-0.3, -0.25) is 19.3 Å². The van der Waals surface area contributed by atoms with Crippen LogP contribution in [0.2, 0.25) is 0 Å². The van der Waals surface area contributed by atoms with Gasteiger partial charge in [-0.25, -0.2) is 0 Å². The van der Waals surface area contributed by atoms with Crippen molar-refractivity contribution in [1.82, 2.24) is 24.9 Å². The smallest absolute Gasteiger partial charge is 0.234 e. The summed E-state index contributed by atoms with van der Waals surface area (Å²) in [6, 6.07) is 13.1. The molecule has 0 radical (unpaired) electrons. The van der Waals surface area contributed by atoms with Gasteiger partial charge in [0.2, 0.25) is 5.91 Å². The first-order valence-corrected chi connectivity index (χ1v) is 9.03. The summed E-state index contributed by atoms with van der Waals surface area (Å²) in [6.07, 6.45) is 4.83. The molecule has 3 heterocycles. The molecule has 0 spiro atoms. The lowest BCUT2D eigenvalue weighted by Gasteiger charge is -2.38. The number of hydrogen-bond acceptors (Lipinski definition) is 4. The summed E-state index contributed by atoms with van der Waals surface area (Å²) in [7, 11) is 0. The van der Waals surface area contributed by atoms with Crippen LogP contribution in [0, 0.1) is 0 Å². The van der Waals surface area contributed by atoms with Gasteiger partial charge in [-0.1, -0.05) is 30.3 Å². The second kappa shape index (κ2) is 7.37. The fraction of sp³-hybridized carbons (Fsp3) is 0.474. The minimum Gasteiger partial charge on any atom is -0.351 e. The molecule has 0 aliphatic carbocycles. The molecule has 1 aromatic carbocycles. The van der Waals surface area contributed by atoms with E-state index in [2.05, 4.69) is 44.5 Å². The van der Waals surface area contributed by atoms with Crippen LogP contribution in [0.15, 0.2) is 48.8 Å². The maximum absolute atomic E-state index is 12.3. The van der Waals surface area contributed by atoms with Crippen molar-refractivity contribution in [3.05, 3.63) is 54.4 Å². The Hall–Kier alpha value is -2.18. The third-order valence-electron chi connectivity index (χ3n) is 5.09. The summed E-state index contributed by atoms with van der Waals surface area (Å²) < 4.78 is 1.98. The lowest BCUT2D eigenvalue weighted by Crippen LogP contribution is -2.52. The molecule has 2 aromatic rings. The van der Waals surface area contributed by atoms with Gasteiger partial charge in [-0.15, -0.1) is 0 Å². The molecule has 0 saturated carbocycles. The Morgan fingerprint density at radius 3 is 2.72 bits per heavy atom. The third-order valence-corrected chi connectivity index (χ3v) is 5.09. The Morgan fingerprint density at radius 1 is 1.12 bits per heavy atom. The molecule has 6 nitrogen and oxygen atoms in total. The highest BCUT2D eigenvalue weighted by molar-refractivity contribution is 5.78. The molecule has 2 aliphatic heterocycles. The zero-order valence-electron chi connectivity index (χ0n) is 14.4. The van der Waals surface area contributed by atoms with Crippen LogP contribution < -0.4 is 5.32 Å². The summed E-state index contributed by atoms with van der Waals surface area (Å²) in [4.78, 5) is 16.9. The maximum atomic E-state index is 12.3. The standard InChI is InChI=1S/C19H25N5O/c25-19(15-23-13-18(14-23)24-9-4-8-20-24)21-17-7-10-22(12-17)11-16-5-2-1-3-6-16/h1-6,8-9,17-18H,7,10-15H2,(H,21,25)/t17-/m0/s1. The lowest BCUT2D eigenvalue weighted by molar-refractivity contribution is -0.124. The highest BCUT2D eigenvalue weighted by Crippen LogP contribution is 2.19. The highest BCUT2D eigenvalue weighted by atomic mass is 16.2. The molecule has 2 aliphatic rings. The predicted molar refractivity (Wildman–Crippen MR) is 96.0 cm³/mol. The van der Waals surface area contributed by atoms with Crippen LogP contribution in [-0.4, -0.2) is 64.3 Å². The normalized spacial score (nSPS) is 22.0. The fourth-order valence-corrected chi connectivity index (χ4v) is 3.75. The highest BCUT2D eigenvalue weighted by Gasteiger charge is 2.31. The molecule has 1 atom stereocenters. The first kappa shape index (κ1) is 16.3. The monoisotopic (exact) mass is 339 g/mol. The van der Waals surface area contributed by atoms with Gasteiger partial charge in [0, 0.05) is 51.2 Å². The van der Waals surface area contributed by atoms with Crippen LogP contribution in [0.4, 0.5) is 0 Å². The molecule has 2 fully saturated rings. The topological polar surface area (TPSA) is 53.4 Å². The second-order valence-electron chi connectivity index (χ2n) is 7.11. The molecule has 0 unspecified atom stereocenters. The molecular formula is C19H25N5O. The zero-order valence-corrected chi connectivity index (χ0v) is 14.4. The zero-order chi connectivity index (χ0) is 17.1. The van der Waals surface area contributed by atoms with Crippen molar-refractivity contribution in [2.45, 2.75) is 25.0 Å². The predicted octanol–water partition coefficient (Wildman–Crippen LogP) is 1.13. The Kier molecular flexibility index (Phi) is 4.81. The molecule has 0 bridgehead atoms. The molecule has 6 heteroatoms. The summed E-state index contributed by atoms with van der Waals surface area (Å²) in [5, 5.41) is 7.46. The SMILES string of the molecule is O=C(CN1CC(n2cccn2)C1)N[C@H]1CCN(Cc2ccccc2)C1. The van der Waals surface area contributed by atoms with E-state index in [1.54, 1.807) is 6.20 Å². The number of nitrogens with zero attached hydrogens (tertiary/aromatic N) is 4. The molecule has 1 aromatic heterocycles. The number of hydrogen-bond donors (Lipinski definition) is 1. The average molecular weight is 339 g/mol. The van der Waals surface area contributed by atoms with Gasteiger partial charge >= 0.3 is 0 Å². The molecule has 1 N–H and O–H groups in total. The van der Waals surface area contributed by atoms with Gasteiger partial charge in [-0.05, 0) is 18.1 Å². The number of benzene rings is 1. The van der Waals surface area contributed by atoms with Crippen molar-refractivity contribution in [3.63, 3.8) is 0 Å². The summed E-state index contributed by atoms with van der Waals surface area (Å²) >= 11 is 0. The van der Waals surface area contributed by atoms with E-state index < -0.39 is 0 Å². The van der Waals surface area contributed by atoms with Crippen LogP contribution in [0.1, 0.15) is 18.0 Å². The molecule has 1 amide bonds. The molecule has 25 heavy (non-hydrogen) atoms. The number of nitrogens with one attached hydrogen (secondary N) is 1. The van der Waals surface area contributed by atoms with Crippen LogP contribution in [0.25, 0.3) is 0 Å². The van der Waals surface area contributed by atoms with E-state index in [1.807, 2.05) is 23.0 Å². The van der Waals surface area contributed by atoms with E-state index in [9.17, 15) is 4.79 Å². The van der Waals surface area contributed by atoms with E-state index in [1.165, 1.54) is 5.56 Å². The van der Waals surface area contributed by atoms with E-state index >= 15 is 0 Å². The number of aromatic nitrogens is 2. The van der Waals surface area contributed by atoms with E-state index in [0.717, 1.165) is 39.1 Å². The summed E-state index contributed by atoms with van der Waals surface area (Å²) in [5.74, 6) is 0.144. The van der Waals surface area contributed by atoms with Gasteiger partial charge < -0.3 is 5.32 Å². The van der Waals surface area contributed by atoms with Crippen LogP contribution in [-0.2, 0) is 11.3 Å². The van der Waals surface area contributed by atoms with E-state index in [-0.39, 0.29) is 11.9 Å². The number of likely N-dealkylation sites (tertiary alicyclic amines) is 2. The number of amides is 1. The van der Waals surface area contributed by atoms with Gasteiger partial charge in [0.25, 0.3) is 0 Å². The first-order chi connectivity index (χ1) is 12.3. The van der Waals surface area contributed by atoms with Gasteiger partial charge in [0.15, 0.2) is 0 Å². The maximum Gasteiger partial charge on any atom is 0.234 e. The quantitative estimate of drug-likeness (QED) is 0.857. The first-order valence-electron chi connectivity index (χ1n) is 9.03. The van der Waals surface area contributed by atoms with E-state index in [0.29, 0.717) is 12.6 Å². The molecule has 132 valence electrons. The van der Waals surface area contributed by atoms with Crippen molar-refractivity contribution in [1.29, 1.82) is 0 Å². The summed E-state index contributed by atoms with van der Waals surface area (Å²) in [6.45, 7) is 5.25. The van der Waals surface area contributed by atoms with Crippen molar-refractivity contribution in [2.75, 3.05) is 32.7 Å². The largest absolute Gasteiger partial charge is 0.351 e. The van der Waals surface area contributed by atoms with Gasteiger partial charge in [0.1, 0.15) is 0 Å². The van der Waals surface area contributed by atoms with Crippen molar-refractivity contribution in [2.24, 2.45) is 0 Å². The fourth-order valence-electron chi connectivity index (χ4n) is 3.75. The average Bonchev–Trinajstić information content (AvgIpc) is 3.24. The van der Waals surface area contributed by atoms with E-state index in [4.69, 9.17) is 0 Å². The van der Waals surface area contributed by atoms with Gasteiger partial charge in [0.05, 0.1) is 12.6 Å². The minimum atomic E-state index is 0.144. The lowest BCUT2D eigenvalue weighted by atomic mass is 10.1. The Balaban J connectivity index is 1.17. The van der Waals surface area contributed by atoms with Crippen molar-refractivity contribution >= 4 is 5.91 Å². The minimum absolute atomic E-state index is 0.144. The number of rotatable bonds is 6. The van der Waals surface area contributed by atoms with Gasteiger partial charge in [-0.2, -0.15) is 5.10 Å². The second-order valence-corrected chi connectivity index (χ2v) is 7.11. The Bertz CT molecular complexity index is 681. The number of carbonyl (C=O) groups excluding carboxylic acids is 1. The van der Waals surface area contributed by atoms with Crippen molar-refractivity contribution in [3.8, 4) is 0 Å². The Labute approximate surface area is 148 Å². The molecule has 2 saturated heterocycles. The molecular weight excluding hydrogens is 314 g/mol. The molecule has 4 rings (SSSR count). The van der Waals surface area contributed by atoms with Crippen molar-refractivity contribution < 1.29 is 4.79 Å².